The van der Waals surface area contributed by atoms with Crippen molar-refractivity contribution in [3.05, 3.63) is 44.8 Å². The van der Waals surface area contributed by atoms with Crippen LogP contribution in [0.4, 0.5) is 0 Å². The van der Waals surface area contributed by atoms with Gasteiger partial charge in [0, 0.05) is 11.8 Å². The first-order valence-electron chi connectivity index (χ1n) is 7.08. The van der Waals surface area contributed by atoms with Gasteiger partial charge in [0.2, 0.25) is 0 Å². The minimum absolute atomic E-state index is 0.220. The second kappa shape index (κ2) is 8.27. The molecule has 2 heterocycles. The van der Waals surface area contributed by atoms with Crippen molar-refractivity contribution in [2.24, 2.45) is 0 Å². The van der Waals surface area contributed by atoms with Crippen molar-refractivity contribution < 1.29 is 51.4 Å². The molecule has 1 aromatic rings. The number of aryl methyl sites for hydroxylation is 1. The van der Waals surface area contributed by atoms with Gasteiger partial charge in [-0.3, -0.25) is 18.9 Å². The molecule has 0 spiro atoms. The Morgan fingerprint density at radius 2 is 1.79 bits per heavy atom. The molecule has 1 aromatic heterocycles. The Hall–Kier alpha value is -1.21. The van der Waals surface area contributed by atoms with Crippen molar-refractivity contribution in [3.63, 3.8) is 0 Å². The maximum Gasteiger partial charge on any atom is 0.488 e. The molecule has 0 bridgehead atoms. The Kier molecular flexibility index (Phi) is 6.81. The van der Waals surface area contributed by atoms with Crippen LogP contribution < -0.4 is 11.2 Å². The van der Waals surface area contributed by atoms with Gasteiger partial charge in [-0.25, -0.2) is 18.2 Å². The van der Waals surface area contributed by atoms with Crippen LogP contribution in [-0.2, 0) is 31.8 Å². The quantitative estimate of drug-likeness (QED) is 0.245. The lowest BCUT2D eigenvalue weighted by molar-refractivity contribution is -0.127. The fourth-order valence-corrected chi connectivity index (χ4v) is 5.22. The molecular weight excluding hydrogens is 449 g/mol. The van der Waals surface area contributed by atoms with Gasteiger partial charge in [-0.1, -0.05) is 0 Å². The summed E-state index contributed by atoms with van der Waals surface area (Å²) >= 11 is 0. The van der Waals surface area contributed by atoms with Crippen LogP contribution in [0.3, 0.4) is 0 Å². The number of nitrogens with one attached hydrogen (secondary N) is 1. The zero-order valence-corrected chi connectivity index (χ0v) is 16.5. The average Bonchev–Trinajstić information content (AvgIpc) is 2.94. The molecule has 4 atom stereocenters. The summed E-state index contributed by atoms with van der Waals surface area (Å²) in [6.07, 6.45) is 0.273. The molecule has 2 unspecified atom stereocenters. The minimum Gasteiger partial charge on any atom is -0.336 e. The summed E-state index contributed by atoms with van der Waals surface area (Å²) in [4.78, 5) is 60.6. The summed E-state index contributed by atoms with van der Waals surface area (Å²) in [6.45, 7) is 1.45. The molecule has 0 radical (unpaired) electrons. The molecule has 0 saturated carbocycles. The molecule has 1 aliphatic heterocycles. The average molecular weight is 464 g/mol. The maximum atomic E-state index is 11.8. The summed E-state index contributed by atoms with van der Waals surface area (Å²) in [5.74, 6) is 0. The van der Waals surface area contributed by atoms with Gasteiger partial charge in [0.25, 0.3) is 5.56 Å². The Balaban J connectivity index is 1.97. The first kappa shape index (κ1) is 23.1. The highest BCUT2D eigenvalue weighted by molar-refractivity contribution is 7.68. The van der Waals surface area contributed by atoms with Gasteiger partial charge in [0.15, 0.2) is 18.9 Å². The normalized spacial score (nSPS) is 24.0. The second-order valence-electron chi connectivity index (χ2n) is 5.31. The molecule has 28 heavy (non-hydrogen) atoms. The second-order valence-corrected chi connectivity index (χ2v) is 10.1. The Labute approximate surface area is 155 Å². The number of rotatable bonds is 8. The van der Waals surface area contributed by atoms with E-state index in [-0.39, 0.29) is 5.56 Å². The molecule has 1 aliphatic rings. The number of hydrogen-bond donors (Lipinski definition) is 5. The van der Waals surface area contributed by atoms with Crippen molar-refractivity contribution in [1.82, 2.24) is 9.55 Å². The smallest absolute Gasteiger partial charge is 0.336 e. The van der Waals surface area contributed by atoms with Gasteiger partial charge in [0.05, 0.1) is 0 Å². The maximum absolute atomic E-state index is 11.8. The molecule has 2 rings (SSSR count). The van der Waals surface area contributed by atoms with E-state index in [9.17, 15) is 28.2 Å². The van der Waals surface area contributed by atoms with Crippen molar-refractivity contribution >= 4 is 23.2 Å². The van der Waals surface area contributed by atoms with E-state index in [0.29, 0.717) is 0 Å². The van der Waals surface area contributed by atoms with Crippen LogP contribution in [0.1, 0.15) is 11.8 Å². The summed E-state index contributed by atoms with van der Waals surface area (Å²) in [5.41, 5.74) is -1.14. The third-order valence-electron chi connectivity index (χ3n) is 2.97. The number of aromatic amines is 1. The van der Waals surface area contributed by atoms with Crippen LogP contribution in [-0.4, -0.2) is 41.8 Å². The molecule has 18 heteroatoms. The van der Waals surface area contributed by atoms with Crippen molar-refractivity contribution in [1.29, 1.82) is 0 Å². The van der Waals surface area contributed by atoms with E-state index in [4.69, 9.17) is 24.2 Å². The minimum atomic E-state index is -5.57. The predicted molar refractivity (Wildman–Crippen MR) is 88.9 cm³/mol. The van der Waals surface area contributed by atoms with Crippen LogP contribution in [0.25, 0.3) is 0 Å². The Morgan fingerprint density at radius 1 is 1.14 bits per heavy atom. The largest absolute Gasteiger partial charge is 0.488 e. The molecule has 0 saturated heterocycles. The van der Waals surface area contributed by atoms with Crippen molar-refractivity contribution in [3.8, 4) is 0 Å². The lowest BCUT2D eigenvalue weighted by Gasteiger charge is -2.19. The highest BCUT2D eigenvalue weighted by atomic mass is 31.3. The number of nitrogens with zero attached hydrogens (tertiary/aromatic N) is 1. The highest BCUT2D eigenvalue weighted by Gasteiger charge is 2.40. The molecule has 15 nitrogen and oxygen atoms in total. The summed E-state index contributed by atoms with van der Waals surface area (Å²) in [7, 11) is -16.0. The summed E-state index contributed by atoms with van der Waals surface area (Å²) in [5, 5.41) is 0. The van der Waals surface area contributed by atoms with Crippen molar-refractivity contribution in [2.45, 2.75) is 19.4 Å². The monoisotopic (exact) mass is 464 g/mol. The fourth-order valence-electron chi connectivity index (χ4n) is 1.94. The SMILES string of the molecule is Cc1cn([C@H]2C=C[C@@H](OCP(=O)(O)OP(=O)(O)OP(=O)(O)O)O2)c(=O)[nH]c1=O. The first-order chi connectivity index (χ1) is 12.7. The zero-order chi connectivity index (χ0) is 21.3. The number of hydrogen-bond acceptors (Lipinski definition) is 9. The third kappa shape index (κ3) is 6.69. The van der Waals surface area contributed by atoms with Gasteiger partial charge < -0.3 is 29.0 Å². The molecule has 5 N–H and O–H groups in total. The molecule has 0 aliphatic carbocycles. The number of ether oxygens (including phenoxy) is 2. The van der Waals surface area contributed by atoms with Gasteiger partial charge in [-0.2, -0.15) is 4.31 Å². The van der Waals surface area contributed by atoms with Crippen LogP contribution in [0.15, 0.2) is 27.9 Å². The van der Waals surface area contributed by atoms with Gasteiger partial charge >= 0.3 is 28.9 Å². The van der Waals surface area contributed by atoms with Crippen LogP contribution in [0, 0.1) is 6.92 Å². The predicted octanol–water partition coefficient (Wildman–Crippen LogP) is -0.358. The van der Waals surface area contributed by atoms with Gasteiger partial charge in [-0.15, -0.1) is 0 Å². The van der Waals surface area contributed by atoms with Crippen LogP contribution in [0.5, 0.6) is 0 Å². The first-order valence-corrected chi connectivity index (χ1v) is 11.9. The summed E-state index contributed by atoms with van der Waals surface area (Å²) in [6, 6.07) is 0. The number of phosphoric acid groups is 2. The van der Waals surface area contributed by atoms with E-state index in [0.717, 1.165) is 4.57 Å². The lowest BCUT2D eigenvalue weighted by Crippen LogP contribution is -2.33. The number of aromatic nitrogens is 2. The Bertz CT molecular complexity index is 1020. The molecule has 0 fully saturated rings. The van der Waals surface area contributed by atoms with Crippen molar-refractivity contribution in [2.75, 3.05) is 6.35 Å². The van der Waals surface area contributed by atoms with Crippen LogP contribution in [0.2, 0.25) is 0 Å². The lowest BCUT2D eigenvalue weighted by atomic mass is 10.4. The molecule has 158 valence electrons. The van der Waals surface area contributed by atoms with E-state index in [1.54, 1.807) is 0 Å². The van der Waals surface area contributed by atoms with Gasteiger partial charge in [0.1, 0.15) is 0 Å². The fraction of sp³-hybridized carbons (Fsp3) is 0.400. The highest BCUT2D eigenvalue weighted by Crippen LogP contribution is 2.65. The van der Waals surface area contributed by atoms with E-state index < -0.39 is 53.4 Å². The molecule has 0 aromatic carbocycles. The van der Waals surface area contributed by atoms with Crippen LogP contribution >= 0.6 is 23.2 Å². The summed E-state index contributed by atoms with van der Waals surface area (Å²) < 4.78 is 51.9. The zero-order valence-electron chi connectivity index (χ0n) is 13.8. The Morgan fingerprint density at radius 3 is 2.39 bits per heavy atom. The molecular formula is C10H15N2O13P3. The van der Waals surface area contributed by atoms with E-state index in [1.807, 2.05) is 0 Å². The standard InChI is InChI=1S/C10H15N2O13P3/c1-6-4-12(10(14)11-9(6)13)7-2-3-8(23-7)22-5-26(15,16)24-28(20,21)25-27(17,18)19/h2-4,7-8H,5H2,1H3,(H,15,16)(H,20,21)(H,11,13,14)(H2,17,18,19)/t7-,8+/m1/s1. The van der Waals surface area contributed by atoms with E-state index in [1.165, 1.54) is 25.3 Å². The number of H-pyrrole nitrogens is 1. The van der Waals surface area contributed by atoms with Gasteiger partial charge in [-0.05, 0) is 19.1 Å². The van der Waals surface area contributed by atoms with E-state index >= 15 is 0 Å². The third-order valence-corrected chi connectivity index (χ3v) is 6.97. The molecule has 0 amide bonds. The topological polar surface area (TPSA) is 224 Å². The van der Waals surface area contributed by atoms with E-state index in [2.05, 4.69) is 13.6 Å².